The van der Waals surface area contributed by atoms with E-state index < -0.39 is 0 Å². The zero-order chi connectivity index (χ0) is 10.4. The molecule has 1 aliphatic rings. The molecular weight excluding hydrogens is 176 g/mol. The molecule has 0 aromatic carbocycles. The highest BCUT2D eigenvalue weighted by molar-refractivity contribution is 4.99. The van der Waals surface area contributed by atoms with Crippen molar-refractivity contribution in [1.29, 1.82) is 0 Å². The minimum absolute atomic E-state index is 0.262. The molecule has 0 aromatic rings. The Balaban J connectivity index is 2.47. The van der Waals surface area contributed by atoms with Crippen LogP contribution in [0.25, 0.3) is 0 Å². The van der Waals surface area contributed by atoms with Gasteiger partial charge in [0.25, 0.3) is 0 Å². The summed E-state index contributed by atoms with van der Waals surface area (Å²) in [6.45, 7) is 6.65. The molecular formula is C11H22N2O. The maximum absolute atomic E-state index is 9.27. The minimum atomic E-state index is 0.262. The lowest BCUT2D eigenvalue weighted by Gasteiger charge is -2.28. The molecule has 0 saturated carbocycles. The van der Waals surface area contributed by atoms with Gasteiger partial charge in [0.1, 0.15) is 0 Å². The normalized spacial score (nSPS) is 24.6. The second kappa shape index (κ2) is 6.17. The molecule has 1 fully saturated rings. The molecule has 1 atom stereocenters. The van der Waals surface area contributed by atoms with Crippen molar-refractivity contribution in [3.8, 4) is 0 Å². The maximum Gasteiger partial charge on any atom is 0.0586 e. The highest BCUT2D eigenvalue weighted by atomic mass is 16.3. The van der Waals surface area contributed by atoms with Crippen LogP contribution in [-0.2, 0) is 0 Å². The van der Waals surface area contributed by atoms with Crippen LogP contribution >= 0.6 is 0 Å². The molecule has 0 amide bonds. The Kier molecular flexibility index (Phi) is 5.15. The fraction of sp³-hybridized carbons (Fsp3) is 0.818. The summed E-state index contributed by atoms with van der Waals surface area (Å²) in [6.07, 6.45) is 4.85. The van der Waals surface area contributed by atoms with E-state index in [1.807, 2.05) is 0 Å². The summed E-state index contributed by atoms with van der Waals surface area (Å²) in [5.41, 5.74) is 6.59. The SMILES string of the molecule is C=C(CN)CN1CCCCCC1CO. The molecule has 1 heterocycles. The topological polar surface area (TPSA) is 49.5 Å². The van der Waals surface area contributed by atoms with Crippen molar-refractivity contribution in [2.75, 3.05) is 26.2 Å². The third-order valence-corrected chi connectivity index (χ3v) is 2.93. The van der Waals surface area contributed by atoms with Gasteiger partial charge in [-0.2, -0.15) is 0 Å². The van der Waals surface area contributed by atoms with E-state index in [4.69, 9.17) is 5.73 Å². The standard InChI is InChI=1S/C11H22N2O/c1-10(7-12)8-13-6-4-2-3-5-11(13)9-14/h11,14H,1-9,12H2. The predicted molar refractivity (Wildman–Crippen MR) is 59.1 cm³/mol. The van der Waals surface area contributed by atoms with Crippen LogP contribution in [0, 0.1) is 0 Å². The maximum atomic E-state index is 9.27. The zero-order valence-electron chi connectivity index (χ0n) is 8.91. The smallest absolute Gasteiger partial charge is 0.0586 e. The molecule has 0 aliphatic carbocycles. The van der Waals surface area contributed by atoms with E-state index >= 15 is 0 Å². The van der Waals surface area contributed by atoms with Crippen LogP contribution < -0.4 is 5.73 Å². The molecule has 3 nitrogen and oxygen atoms in total. The second-order valence-corrected chi connectivity index (χ2v) is 4.11. The molecule has 1 rings (SSSR count). The Hall–Kier alpha value is -0.380. The number of nitrogens with two attached hydrogens (primary N) is 1. The number of nitrogens with zero attached hydrogens (tertiary/aromatic N) is 1. The van der Waals surface area contributed by atoms with E-state index in [2.05, 4.69) is 11.5 Å². The lowest BCUT2D eigenvalue weighted by Crippen LogP contribution is -2.39. The van der Waals surface area contributed by atoms with Crippen molar-refractivity contribution in [3.63, 3.8) is 0 Å². The van der Waals surface area contributed by atoms with Crippen molar-refractivity contribution < 1.29 is 5.11 Å². The van der Waals surface area contributed by atoms with Crippen molar-refractivity contribution in [2.45, 2.75) is 31.7 Å². The number of rotatable bonds is 4. The summed E-state index contributed by atoms with van der Waals surface area (Å²) in [5.74, 6) is 0. The van der Waals surface area contributed by atoms with E-state index in [1.165, 1.54) is 19.3 Å². The Labute approximate surface area is 86.6 Å². The molecule has 0 radical (unpaired) electrons. The van der Waals surface area contributed by atoms with Crippen molar-refractivity contribution in [1.82, 2.24) is 4.90 Å². The van der Waals surface area contributed by atoms with Crippen LogP contribution in [0.3, 0.4) is 0 Å². The molecule has 1 saturated heterocycles. The summed E-state index contributed by atoms with van der Waals surface area (Å²) in [5, 5.41) is 9.27. The molecule has 82 valence electrons. The summed E-state index contributed by atoms with van der Waals surface area (Å²) in [7, 11) is 0. The first-order valence-corrected chi connectivity index (χ1v) is 5.49. The first kappa shape index (κ1) is 11.7. The summed E-state index contributed by atoms with van der Waals surface area (Å²) in [6, 6.07) is 0.320. The molecule has 14 heavy (non-hydrogen) atoms. The lowest BCUT2D eigenvalue weighted by molar-refractivity contribution is 0.133. The van der Waals surface area contributed by atoms with Crippen LogP contribution in [0.1, 0.15) is 25.7 Å². The van der Waals surface area contributed by atoms with E-state index in [9.17, 15) is 5.11 Å². The van der Waals surface area contributed by atoms with Gasteiger partial charge in [-0.3, -0.25) is 4.90 Å². The highest BCUT2D eigenvalue weighted by Crippen LogP contribution is 2.17. The van der Waals surface area contributed by atoms with Crippen LogP contribution in [-0.4, -0.2) is 42.3 Å². The summed E-state index contributed by atoms with van der Waals surface area (Å²) in [4.78, 5) is 2.32. The highest BCUT2D eigenvalue weighted by Gasteiger charge is 2.19. The van der Waals surface area contributed by atoms with E-state index in [-0.39, 0.29) is 6.61 Å². The predicted octanol–water partition coefficient (Wildman–Crippen LogP) is 0.738. The number of hydrogen-bond acceptors (Lipinski definition) is 3. The molecule has 1 unspecified atom stereocenters. The average molecular weight is 198 g/mol. The van der Waals surface area contributed by atoms with Gasteiger partial charge in [0, 0.05) is 19.1 Å². The van der Waals surface area contributed by atoms with Gasteiger partial charge in [0.05, 0.1) is 6.61 Å². The van der Waals surface area contributed by atoms with Gasteiger partial charge in [-0.15, -0.1) is 0 Å². The average Bonchev–Trinajstić information content (AvgIpc) is 2.42. The Bertz CT molecular complexity index is 182. The van der Waals surface area contributed by atoms with Gasteiger partial charge in [0.2, 0.25) is 0 Å². The quantitative estimate of drug-likeness (QED) is 0.655. The van der Waals surface area contributed by atoms with E-state index in [0.29, 0.717) is 12.6 Å². The Morgan fingerprint density at radius 2 is 2.21 bits per heavy atom. The van der Waals surface area contributed by atoms with E-state index in [0.717, 1.165) is 25.1 Å². The van der Waals surface area contributed by atoms with Crippen LogP contribution in [0.5, 0.6) is 0 Å². The largest absolute Gasteiger partial charge is 0.395 e. The van der Waals surface area contributed by atoms with Crippen LogP contribution in [0.15, 0.2) is 12.2 Å². The van der Waals surface area contributed by atoms with Crippen molar-refractivity contribution in [3.05, 3.63) is 12.2 Å². The number of hydrogen-bond donors (Lipinski definition) is 2. The molecule has 0 aromatic heterocycles. The number of aliphatic hydroxyl groups excluding tert-OH is 1. The van der Waals surface area contributed by atoms with Gasteiger partial charge < -0.3 is 10.8 Å². The second-order valence-electron chi connectivity index (χ2n) is 4.11. The number of aliphatic hydroxyl groups is 1. The summed E-state index contributed by atoms with van der Waals surface area (Å²) >= 11 is 0. The van der Waals surface area contributed by atoms with Gasteiger partial charge in [0.15, 0.2) is 0 Å². The minimum Gasteiger partial charge on any atom is -0.395 e. The number of likely N-dealkylation sites (tertiary alicyclic amines) is 1. The van der Waals surface area contributed by atoms with Gasteiger partial charge in [-0.05, 0) is 25.0 Å². The fourth-order valence-electron chi connectivity index (χ4n) is 2.00. The Morgan fingerprint density at radius 1 is 1.43 bits per heavy atom. The van der Waals surface area contributed by atoms with Gasteiger partial charge in [-0.25, -0.2) is 0 Å². The zero-order valence-corrected chi connectivity index (χ0v) is 8.91. The monoisotopic (exact) mass is 198 g/mol. The first-order chi connectivity index (χ1) is 6.77. The van der Waals surface area contributed by atoms with Crippen molar-refractivity contribution in [2.24, 2.45) is 5.73 Å². The van der Waals surface area contributed by atoms with E-state index in [1.54, 1.807) is 0 Å². The first-order valence-electron chi connectivity index (χ1n) is 5.49. The molecule has 0 bridgehead atoms. The summed E-state index contributed by atoms with van der Waals surface area (Å²) < 4.78 is 0. The lowest BCUT2D eigenvalue weighted by atomic mass is 10.1. The molecule has 3 heteroatoms. The van der Waals surface area contributed by atoms with Crippen molar-refractivity contribution >= 4 is 0 Å². The fourth-order valence-corrected chi connectivity index (χ4v) is 2.00. The van der Waals surface area contributed by atoms with Gasteiger partial charge in [-0.1, -0.05) is 19.4 Å². The van der Waals surface area contributed by atoms with Crippen LogP contribution in [0.4, 0.5) is 0 Å². The molecule has 1 aliphatic heterocycles. The Morgan fingerprint density at radius 3 is 2.86 bits per heavy atom. The van der Waals surface area contributed by atoms with Crippen LogP contribution in [0.2, 0.25) is 0 Å². The molecule has 3 N–H and O–H groups in total. The molecule has 0 spiro atoms. The third-order valence-electron chi connectivity index (χ3n) is 2.93. The third kappa shape index (κ3) is 3.40. The van der Waals surface area contributed by atoms with Gasteiger partial charge >= 0.3 is 0 Å².